The first-order chi connectivity index (χ1) is 6.50. The third-order valence-corrected chi connectivity index (χ3v) is 5.43. The highest BCUT2D eigenvalue weighted by Crippen LogP contribution is 2.43. The highest BCUT2D eigenvalue weighted by molar-refractivity contribution is 7.86. The Balaban J connectivity index is 2.11. The van der Waals surface area contributed by atoms with Gasteiger partial charge in [-0.2, -0.15) is 0 Å². The quantitative estimate of drug-likeness (QED) is 0.711. The van der Waals surface area contributed by atoms with Crippen LogP contribution in [-0.2, 0) is 10.8 Å². The van der Waals surface area contributed by atoms with Gasteiger partial charge in [0, 0.05) is 21.3 Å². The summed E-state index contributed by atoms with van der Waals surface area (Å²) in [6.45, 7) is 5.80. The fraction of sp³-hybridized carbons (Fsp3) is 0.818. The van der Waals surface area contributed by atoms with Gasteiger partial charge in [-0.05, 0) is 39.0 Å². The Morgan fingerprint density at radius 2 is 2.00 bits per heavy atom. The zero-order valence-electron chi connectivity index (χ0n) is 8.66. The minimum absolute atomic E-state index is 0.248. The van der Waals surface area contributed by atoms with Gasteiger partial charge in [0.1, 0.15) is 0 Å². The zero-order valence-corrected chi connectivity index (χ0v) is 9.48. The molecule has 0 spiro atoms. The van der Waals surface area contributed by atoms with Crippen LogP contribution in [0.4, 0.5) is 0 Å². The van der Waals surface area contributed by atoms with Crippen LogP contribution in [0.2, 0.25) is 0 Å². The van der Waals surface area contributed by atoms with Gasteiger partial charge in [-0.3, -0.25) is 4.21 Å². The van der Waals surface area contributed by atoms with Crippen LogP contribution in [0.25, 0.3) is 0 Å². The van der Waals surface area contributed by atoms with E-state index in [1.54, 1.807) is 0 Å². The predicted molar refractivity (Wildman–Crippen MR) is 58.6 cm³/mol. The summed E-state index contributed by atoms with van der Waals surface area (Å²) in [6.07, 6.45) is 4.18. The molecule has 2 saturated heterocycles. The van der Waals surface area contributed by atoms with E-state index in [4.69, 9.17) is 0 Å². The Kier molecular flexibility index (Phi) is 2.56. The standard InChI is InChI=1S/C11H18O2S/c1-8(2)5-11(12)6-9-3-4-10(7-11)14(9)13/h9-10,12H,1,3-7H2,2H3. The predicted octanol–water partition coefficient (Wildman–Crippen LogP) is 1.76. The van der Waals surface area contributed by atoms with E-state index >= 15 is 0 Å². The van der Waals surface area contributed by atoms with Gasteiger partial charge < -0.3 is 5.11 Å². The van der Waals surface area contributed by atoms with E-state index in [1.807, 2.05) is 6.92 Å². The highest BCUT2D eigenvalue weighted by atomic mass is 32.2. The van der Waals surface area contributed by atoms with E-state index in [0.717, 1.165) is 18.4 Å². The molecule has 0 aromatic heterocycles. The van der Waals surface area contributed by atoms with Crippen LogP contribution < -0.4 is 0 Å². The molecule has 3 heteroatoms. The number of rotatable bonds is 2. The van der Waals surface area contributed by atoms with Crippen LogP contribution in [0.15, 0.2) is 12.2 Å². The van der Waals surface area contributed by atoms with Crippen molar-refractivity contribution in [2.45, 2.75) is 55.1 Å². The van der Waals surface area contributed by atoms with Crippen molar-refractivity contribution in [3.05, 3.63) is 12.2 Å². The van der Waals surface area contributed by atoms with Crippen molar-refractivity contribution in [2.75, 3.05) is 0 Å². The van der Waals surface area contributed by atoms with Crippen LogP contribution >= 0.6 is 0 Å². The fourth-order valence-electron chi connectivity index (χ4n) is 2.88. The van der Waals surface area contributed by atoms with Crippen LogP contribution in [0.1, 0.15) is 39.0 Å². The van der Waals surface area contributed by atoms with Gasteiger partial charge in [-0.1, -0.05) is 5.57 Å². The van der Waals surface area contributed by atoms with Crippen molar-refractivity contribution in [1.29, 1.82) is 0 Å². The van der Waals surface area contributed by atoms with Gasteiger partial charge in [-0.25, -0.2) is 0 Å². The molecule has 2 rings (SSSR count). The molecule has 0 aromatic rings. The maximum absolute atomic E-state index is 11.7. The molecule has 2 aliphatic heterocycles. The normalized spacial score (nSPS) is 46.6. The first-order valence-electron chi connectivity index (χ1n) is 5.26. The maximum Gasteiger partial charge on any atom is 0.0707 e. The van der Waals surface area contributed by atoms with Crippen LogP contribution in [0.5, 0.6) is 0 Å². The monoisotopic (exact) mass is 214 g/mol. The molecule has 1 N–H and O–H groups in total. The van der Waals surface area contributed by atoms with Crippen molar-refractivity contribution < 1.29 is 9.32 Å². The zero-order chi connectivity index (χ0) is 10.3. The molecule has 2 atom stereocenters. The van der Waals surface area contributed by atoms with E-state index in [1.165, 1.54) is 0 Å². The molecule has 2 aliphatic rings. The molecule has 0 aliphatic carbocycles. The SMILES string of the molecule is C=C(C)CC1(O)CC2CCC(C1)S2=O. The van der Waals surface area contributed by atoms with Crippen LogP contribution in [0, 0.1) is 0 Å². The van der Waals surface area contributed by atoms with Gasteiger partial charge in [0.2, 0.25) is 0 Å². The third kappa shape index (κ3) is 1.80. The molecular formula is C11H18O2S. The van der Waals surface area contributed by atoms with Crippen LogP contribution in [0.3, 0.4) is 0 Å². The fourth-order valence-corrected chi connectivity index (χ4v) is 5.11. The highest BCUT2D eigenvalue weighted by Gasteiger charge is 2.47. The second-order valence-corrected chi connectivity index (χ2v) is 6.91. The van der Waals surface area contributed by atoms with Crippen molar-refractivity contribution in [3.63, 3.8) is 0 Å². The molecule has 0 amide bonds. The maximum atomic E-state index is 11.7. The molecule has 2 bridgehead atoms. The Labute approximate surface area is 87.9 Å². The number of aliphatic hydroxyl groups is 1. The lowest BCUT2D eigenvalue weighted by Gasteiger charge is -2.36. The summed E-state index contributed by atoms with van der Waals surface area (Å²) in [7, 11) is -0.670. The number of hydrogen-bond acceptors (Lipinski definition) is 2. The Hall–Kier alpha value is -0.150. The van der Waals surface area contributed by atoms with Crippen molar-refractivity contribution in [2.24, 2.45) is 0 Å². The lowest BCUT2D eigenvalue weighted by Crippen LogP contribution is -2.42. The average molecular weight is 214 g/mol. The largest absolute Gasteiger partial charge is 0.389 e. The first kappa shape index (κ1) is 10.4. The smallest absolute Gasteiger partial charge is 0.0707 e. The van der Waals surface area contributed by atoms with Crippen molar-refractivity contribution >= 4 is 10.8 Å². The van der Waals surface area contributed by atoms with E-state index in [9.17, 15) is 9.32 Å². The van der Waals surface area contributed by atoms with Gasteiger partial charge in [0.15, 0.2) is 0 Å². The minimum atomic E-state index is -0.670. The topological polar surface area (TPSA) is 37.3 Å². The molecule has 2 fully saturated rings. The second kappa shape index (κ2) is 3.46. The number of fused-ring (bicyclic) bond motifs is 2. The summed E-state index contributed by atoms with van der Waals surface area (Å²) in [5.41, 5.74) is 0.422. The van der Waals surface area contributed by atoms with E-state index in [0.29, 0.717) is 19.3 Å². The van der Waals surface area contributed by atoms with E-state index in [2.05, 4.69) is 6.58 Å². The van der Waals surface area contributed by atoms with Gasteiger partial charge >= 0.3 is 0 Å². The summed E-state index contributed by atoms with van der Waals surface area (Å²) >= 11 is 0. The molecule has 80 valence electrons. The Bertz CT molecular complexity index is 269. The van der Waals surface area contributed by atoms with Gasteiger partial charge in [0.25, 0.3) is 0 Å². The second-order valence-electron chi connectivity index (χ2n) is 4.92. The summed E-state index contributed by atoms with van der Waals surface area (Å²) < 4.78 is 11.7. The van der Waals surface area contributed by atoms with Gasteiger partial charge in [-0.15, -0.1) is 6.58 Å². The molecule has 0 radical (unpaired) electrons. The number of hydrogen-bond donors (Lipinski definition) is 1. The summed E-state index contributed by atoms with van der Waals surface area (Å²) in [4.78, 5) is 0. The van der Waals surface area contributed by atoms with Crippen molar-refractivity contribution in [3.8, 4) is 0 Å². The Morgan fingerprint density at radius 1 is 1.50 bits per heavy atom. The third-order valence-electron chi connectivity index (χ3n) is 3.31. The van der Waals surface area contributed by atoms with Crippen molar-refractivity contribution in [1.82, 2.24) is 0 Å². The Morgan fingerprint density at radius 3 is 2.43 bits per heavy atom. The lowest BCUT2D eigenvalue weighted by molar-refractivity contribution is 0.0232. The minimum Gasteiger partial charge on any atom is -0.389 e. The molecule has 0 aromatic carbocycles. The molecule has 2 heterocycles. The first-order valence-corrected chi connectivity index (χ1v) is 6.54. The summed E-state index contributed by atoms with van der Waals surface area (Å²) in [5, 5.41) is 10.8. The average Bonchev–Trinajstić information content (AvgIpc) is 2.33. The summed E-state index contributed by atoms with van der Waals surface area (Å²) in [5.74, 6) is 0. The molecular weight excluding hydrogens is 196 g/mol. The van der Waals surface area contributed by atoms with E-state index < -0.39 is 16.4 Å². The molecule has 0 saturated carbocycles. The molecule has 2 unspecified atom stereocenters. The lowest BCUT2D eigenvalue weighted by atomic mass is 9.87. The van der Waals surface area contributed by atoms with Gasteiger partial charge in [0.05, 0.1) is 5.60 Å². The molecule has 14 heavy (non-hydrogen) atoms. The summed E-state index contributed by atoms with van der Waals surface area (Å²) in [6, 6.07) is 0. The van der Waals surface area contributed by atoms with E-state index in [-0.39, 0.29) is 10.5 Å². The molecule has 2 nitrogen and oxygen atoms in total. The van der Waals surface area contributed by atoms with Crippen LogP contribution in [-0.4, -0.2) is 25.4 Å².